The lowest BCUT2D eigenvalue weighted by molar-refractivity contribution is -0.146. The molecule has 2 unspecified atom stereocenters. The predicted octanol–water partition coefficient (Wildman–Crippen LogP) is 1.70. The van der Waals surface area contributed by atoms with Gasteiger partial charge in [-0.25, -0.2) is 8.78 Å². The summed E-state index contributed by atoms with van der Waals surface area (Å²) >= 11 is 0. The summed E-state index contributed by atoms with van der Waals surface area (Å²) in [7, 11) is 0. The number of imide groups is 1. The number of amides is 4. The van der Waals surface area contributed by atoms with Crippen molar-refractivity contribution in [3.63, 3.8) is 0 Å². The average Bonchev–Trinajstić information content (AvgIpc) is 2.94. The van der Waals surface area contributed by atoms with E-state index in [1.165, 1.54) is 6.07 Å². The van der Waals surface area contributed by atoms with Gasteiger partial charge in [0, 0.05) is 6.54 Å². The summed E-state index contributed by atoms with van der Waals surface area (Å²) < 4.78 is 27.3. The molecule has 1 heterocycles. The molecule has 0 bridgehead atoms. The first-order chi connectivity index (χ1) is 13.8. The van der Waals surface area contributed by atoms with E-state index in [2.05, 4.69) is 5.32 Å². The molecule has 1 saturated heterocycles. The van der Waals surface area contributed by atoms with E-state index in [0.717, 1.165) is 21.9 Å². The summed E-state index contributed by atoms with van der Waals surface area (Å²) in [4.78, 5) is 51.8. The Morgan fingerprint density at radius 3 is 2.17 bits per heavy atom. The Balaban J connectivity index is 1.63. The maximum absolute atomic E-state index is 13.7. The van der Waals surface area contributed by atoms with E-state index in [1.807, 2.05) is 12.2 Å². The van der Waals surface area contributed by atoms with Gasteiger partial charge in [-0.1, -0.05) is 18.2 Å². The number of fused-ring (bicyclic) bond motifs is 1. The van der Waals surface area contributed by atoms with Gasteiger partial charge < -0.3 is 10.2 Å². The van der Waals surface area contributed by atoms with Gasteiger partial charge >= 0.3 is 0 Å². The Morgan fingerprint density at radius 2 is 1.66 bits per heavy atom. The molecule has 0 spiro atoms. The molecule has 0 saturated carbocycles. The molecule has 9 heteroatoms. The smallest absolute Gasteiger partial charge is 0.244 e. The monoisotopic (exact) mass is 405 g/mol. The van der Waals surface area contributed by atoms with Crippen LogP contribution in [-0.2, 0) is 19.2 Å². The third kappa shape index (κ3) is 4.18. The van der Waals surface area contributed by atoms with Crippen LogP contribution in [0.4, 0.5) is 14.5 Å². The van der Waals surface area contributed by atoms with Gasteiger partial charge in [0.25, 0.3) is 0 Å². The summed E-state index contributed by atoms with van der Waals surface area (Å²) in [5.74, 6) is -4.90. The van der Waals surface area contributed by atoms with Crippen molar-refractivity contribution in [1.29, 1.82) is 0 Å². The Hall–Kier alpha value is -3.10. The number of nitrogens with one attached hydrogen (secondary N) is 1. The van der Waals surface area contributed by atoms with Crippen LogP contribution in [-0.4, -0.2) is 53.1 Å². The molecular formula is C20H21F2N3O4. The number of benzene rings is 1. The first-order valence-corrected chi connectivity index (χ1v) is 9.35. The molecule has 1 fully saturated rings. The van der Waals surface area contributed by atoms with E-state index >= 15 is 0 Å². The highest BCUT2D eigenvalue weighted by atomic mass is 19.1. The van der Waals surface area contributed by atoms with Crippen LogP contribution in [0, 0.1) is 23.5 Å². The van der Waals surface area contributed by atoms with E-state index in [1.54, 1.807) is 6.92 Å². The number of anilines is 1. The first kappa shape index (κ1) is 20.6. The summed E-state index contributed by atoms with van der Waals surface area (Å²) in [5.41, 5.74) is -0.595. The van der Waals surface area contributed by atoms with Gasteiger partial charge in [-0.15, -0.1) is 0 Å². The van der Waals surface area contributed by atoms with E-state index in [9.17, 15) is 28.0 Å². The maximum Gasteiger partial charge on any atom is 0.244 e. The van der Waals surface area contributed by atoms with Crippen molar-refractivity contribution in [2.75, 3.05) is 25.0 Å². The standard InChI is InChI=1S/C20H21F2N3O4/c1-2-24(10-16(26)23-18-14(21)8-5-9-15(18)22)17(27)11-25-19(28)12-6-3-4-7-13(12)20(25)29/h3-5,8-9,12-13H,2,6-7,10-11H2,1H3,(H,23,26). The Bertz CT molecular complexity index is 840. The zero-order valence-corrected chi connectivity index (χ0v) is 15.9. The molecule has 4 amide bonds. The van der Waals surface area contributed by atoms with Crippen molar-refractivity contribution < 1.29 is 28.0 Å². The number of halogens is 2. The highest BCUT2D eigenvalue weighted by molar-refractivity contribution is 6.07. The quantitative estimate of drug-likeness (QED) is 0.577. The molecule has 1 aromatic rings. The zero-order valence-electron chi connectivity index (χ0n) is 15.9. The third-order valence-electron chi connectivity index (χ3n) is 5.19. The van der Waals surface area contributed by atoms with Gasteiger partial charge in [0.05, 0.1) is 18.4 Å². The lowest BCUT2D eigenvalue weighted by atomic mass is 9.85. The van der Waals surface area contributed by atoms with Gasteiger partial charge in [-0.3, -0.25) is 24.1 Å². The second-order valence-corrected chi connectivity index (χ2v) is 6.97. The minimum atomic E-state index is -0.933. The predicted molar refractivity (Wildman–Crippen MR) is 99.3 cm³/mol. The number of carbonyl (C=O) groups excluding carboxylic acids is 4. The highest BCUT2D eigenvalue weighted by Crippen LogP contribution is 2.34. The van der Waals surface area contributed by atoms with Crippen molar-refractivity contribution in [3.05, 3.63) is 42.0 Å². The molecule has 3 rings (SSSR count). The van der Waals surface area contributed by atoms with Gasteiger partial charge in [0.15, 0.2) is 0 Å². The second-order valence-electron chi connectivity index (χ2n) is 6.97. The zero-order chi connectivity index (χ0) is 21.1. The van der Waals surface area contributed by atoms with Crippen LogP contribution in [0.5, 0.6) is 0 Å². The number of likely N-dealkylation sites (N-methyl/N-ethyl adjacent to an activating group) is 1. The number of nitrogens with zero attached hydrogens (tertiary/aromatic N) is 2. The molecule has 0 radical (unpaired) electrons. The van der Waals surface area contributed by atoms with Crippen molar-refractivity contribution in [2.45, 2.75) is 19.8 Å². The molecule has 154 valence electrons. The largest absolute Gasteiger partial charge is 0.332 e. The van der Waals surface area contributed by atoms with Crippen LogP contribution < -0.4 is 5.32 Å². The summed E-state index contributed by atoms with van der Waals surface area (Å²) in [5, 5.41) is 2.11. The molecule has 1 aliphatic carbocycles. The van der Waals surface area contributed by atoms with Gasteiger partial charge in [-0.05, 0) is 31.9 Å². The van der Waals surface area contributed by atoms with Crippen molar-refractivity contribution in [3.8, 4) is 0 Å². The Labute approximate surface area is 166 Å². The molecule has 0 aromatic heterocycles. The number of hydrogen-bond donors (Lipinski definition) is 1. The molecule has 2 aliphatic rings. The van der Waals surface area contributed by atoms with Gasteiger partial charge in [-0.2, -0.15) is 0 Å². The molecule has 1 aliphatic heterocycles. The first-order valence-electron chi connectivity index (χ1n) is 9.35. The topological polar surface area (TPSA) is 86.8 Å². The van der Waals surface area contributed by atoms with Crippen LogP contribution in [0.2, 0.25) is 0 Å². The van der Waals surface area contributed by atoms with E-state index < -0.39 is 54.1 Å². The van der Waals surface area contributed by atoms with E-state index in [4.69, 9.17) is 0 Å². The summed E-state index contributed by atoms with van der Waals surface area (Å²) in [6, 6.07) is 3.17. The fourth-order valence-corrected chi connectivity index (χ4v) is 3.61. The molecule has 7 nitrogen and oxygen atoms in total. The SMILES string of the molecule is CCN(CC(=O)Nc1c(F)cccc1F)C(=O)CN1C(=O)C2CC=CCC2C1=O. The number of carbonyl (C=O) groups is 4. The number of hydrogen-bond acceptors (Lipinski definition) is 4. The molecule has 29 heavy (non-hydrogen) atoms. The number of para-hydroxylation sites is 1. The van der Waals surface area contributed by atoms with Gasteiger partial charge in [0.1, 0.15) is 23.9 Å². The summed E-state index contributed by atoms with van der Waals surface area (Å²) in [6.07, 6.45) is 4.63. The van der Waals surface area contributed by atoms with Crippen molar-refractivity contribution >= 4 is 29.3 Å². The lowest BCUT2D eigenvalue weighted by Gasteiger charge is -2.23. The van der Waals surface area contributed by atoms with Gasteiger partial charge in [0.2, 0.25) is 23.6 Å². The van der Waals surface area contributed by atoms with Crippen LogP contribution in [0.3, 0.4) is 0 Å². The molecule has 1 N–H and O–H groups in total. The second kappa shape index (κ2) is 8.50. The fourth-order valence-electron chi connectivity index (χ4n) is 3.61. The van der Waals surface area contributed by atoms with E-state index in [0.29, 0.717) is 12.8 Å². The highest BCUT2D eigenvalue weighted by Gasteiger charge is 2.47. The minimum Gasteiger partial charge on any atom is -0.332 e. The van der Waals surface area contributed by atoms with E-state index in [-0.39, 0.29) is 18.4 Å². The number of likely N-dealkylation sites (tertiary alicyclic amines) is 1. The molecular weight excluding hydrogens is 384 g/mol. The minimum absolute atomic E-state index is 0.122. The lowest BCUT2D eigenvalue weighted by Crippen LogP contribution is -2.45. The van der Waals surface area contributed by atoms with Crippen LogP contribution >= 0.6 is 0 Å². The Kier molecular flexibility index (Phi) is 6.05. The van der Waals surface area contributed by atoms with Crippen molar-refractivity contribution in [2.24, 2.45) is 11.8 Å². The maximum atomic E-state index is 13.7. The Morgan fingerprint density at radius 1 is 1.10 bits per heavy atom. The average molecular weight is 405 g/mol. The van der Waals surface area contributed by atoms with Crippen LogP contribution in [0.1, 0.15) is 19.8 Å². The van der Waals surface area contributed by atoms with Crippen LogP contribution in [0.15, 0.2) is 30.4 Å². The third-order valence-corrected chi connectivity index (χ3v) is 5.19. The normalized spacial score (nSPS) is 20.6. The summed E-state index contributed by atoms with van der Waals surface area (Å²) in [6.45, 7) is 0.816. The van der Waals surface area contributed by atoms with Crippen LogP contribution in [0.25, 0.3) is 0 Å². The van der Waals surface area contributed by atoms with Crippen molar-refractivity contribution in [1.82, 2.24) is 9.80 Å². The number of allylic oxidation sites excluding steroid dienone is 2. The fraction of sp³-hybridized carbons (Fsp3) is 0.400. The number of rotatable bonds is 6. The molecule has 1 aromatic carbocycles. The molecule has 2 atom stereocenters.